The predicted octanol–water partition coefficient (Wildman–Crippen LogP) is 2.94. The first-order valence-corrected chi connectivity index (χ1v) is 7.53. The molecule has 5 nitrogen and oxygen atoms in total. The molecular formula is C19H15FN2O3. The fraction of sp³-hybridized carbons (Fsp3) is 0.0526. The van der Waals surface area contributed by atoms with E-state index in [1.54, 1.807) is 12.1 Å². The lowest BCUT2D eigenvalue weighted by Crippen LogP contribution is -2.17. The minimum absolute atomic E-state index is 0.0490. The minimum Gasteiger partial charge on any atom is -0.505 e. The van der Waals surface area contributed by atoms with Crippen molar-refractivity contribution in [2.45, 2.75) is 6.61 Å². The van der Waals surface area contributed by atoms with E-state index in [4.69, 9.17) is 5.11 Å². The summed E-state index contributed by atoms with van der Waals surface area (Å²) >= 11 is 0. The molecule has 0 aliphatic carbocycles. The summed E-state index contributed by atoms with van der Waals surface area (Å²) in [6, 6.07) is 14.5. The first kappa shape index (κ1) is 16.6. The molecule has 0 fully saturated rings. The lowest BCUT2D eigenvalue weighted by Gasteiger charge is -2.07. The first-order valence-electron chi connectivity index (χ1n) is 7.53. The number of hydrazone groups is 1. The highest BCUT2D eigenvalue weighted by molar-refractivity contribution is 6.02. The van der Waals surface area contributed by atoms with Gasteiger partial charge in [0.1, 0.15) is 0 Å². The fourth-order valence-corrected chi connectivity index (χ4v) is 2.51. The number of hydrogen-bond acceptors (Lipinski definition) is 4. The monoisotopic (exact) mass is 338 g/mol. The molecule has 0 unspecified atom stereocenters. The lowest BCUT2D eigenvalue weighted by atomic mass is 10.0. The number of amides is 1. The average molecular weight is 338 g/mol. The number of carbonyl (C=O) groups is 1. The molecule has 6 heteroatoms. The topological polar surface area (TPSA) is 81.9 Å². The summed E-state index contributed by atoms with van der Waals surface area (Å²) in [5, 5.41) is 24.2. The van der Waals surface area contributed by atoms with Gasteiger partial charge in [-0.2, -0.15) is 5.10 Å². The highest BCUT2D eigenvalue weighted by Crippen LogP contribution is 2.22. The Hall–Kier alpha value is -3.25. The molecule has 0 aliphatic heterocycles. The quantitative estimate of drug-likeness (QED) is 0.505. The largest absolute Gasteiger partial charge is 0.505 e. The number of hydrogen-bond donors (Lipinski definition) is 3. The molecule has 3 N–H and O–H groups in total. The number of rotatable bonds is 4. The van der Waals surface area contributed by atoms with Crippen molar-refractivity contribution >= 4 is 22.9 Å². The Bertz CT molecular complexity index is 970. The Kier molecular flexibility index (Phi) is 4.72. The van der Waals surface area contributed by atoms with Gasteiger partial charge in [-0.1, -0.05) is 36.4 Å². The number of fused-ring (bicyclic) bond motifs is 1. The van der Waals surface area contributed by atoms with Crippen molar-refractivity contribution in [3.05, 3.63) is 77.1 Å². The number of benzene rings is 3. The molecule has 0 bridgehead atoms. The standard InChI is InChI=1S/C19H15FN2O3/c20-17-9-12(7-8-18(17)24)19(25)22-21-10-13-5-6-14(11-23)16-4-2-1-3-15(13)16/h1-10,23-24H,11H2,(H,22,25). The molecule has 0 aromatic heterocycles. The molecule has 0 saturated heterocycles. The van der Waals surface area contributed by atoms with E-state index in [9.17, 15) is 14.3 Å². The van der Waals surface area contributed by atoms with Crippen LogP contribution in [-0.4, -0.2) is 22.3 Å². The van der Waals surface area contributed by atoms with E-state index in [1.165, 1.54) is 12.3 Å². The molecule has 0 atom stereocenters. The van der Waals surface area contributed by atoms with E-state index in [2.05, 4.69) is 10.5 Å². The summed E-state index contributed by atoms with van der Waals surface area (Å²) in [7, 11) is 0. The Morgan fingerprint density at radius 1 is 1.12 bits per heavy atom. The van der Waals surface area contributed by atoms with E-state index in [0.29, 0.717) is 0 Å². The lowest BCUT2D eigenvalue weighted by molar-refractivity contribution is 0.0954. The molecule has 3 rings (SSSR count). The van der Waals surface area contributed by atoms with Crippen LogP contribution >= 0.6 is 0 Å². The maximum absolute atomic E-state index is 13.3. The maximum Gasteiger partial charge on any atom is 0.271 e. The van der Waals surface area contributed by atoms with Crippen LogP contribution in [0.5, 0.6) is 5.75 Å². The van der Waals surface area contributed by atoms with Gasteiger partial charge in [0.05, 0.1) is 12.8 Å². The van der Waals surface area contributed by atoms with Gasteiger partial charge in [-0.3, -0.25) is 4.79 Å². The van der Waals surface area contributed by atoms with Crippen LogP contribution in [-0.2, 0) is 6.61 Å². The third kappa shape index (κ3) is 3.49. The van der Waals surface area contributed by atoms with Crippen LogP contribution in [0.1, 0.15) is 21.5 Å². The number of phenolic OH excluding ortho intramolecular Hbond substituents is 1. The zero-order chi connectivity index (χ0) is 17.8. The van der Waals surface area contributed by atoms with Gasteiger partial charge in [0, 0.05) is 11.1 Å². The Morgan fingerprint density at radius 3 is 2.60 bits per heavy atom. The van der Waals surface area contributed by atoms with Crippen LogP contribution in [0.25, 0.3) is 10.8 Å². The number of nitrogens with zero attached hydrogens (tertiary/aromatic N) is 1. The third-order valence-corrected chi connectivity index (χ3v) is 3.80. The van der Waals surface area contributed by atoms with Crippen molar-refractivity contribution in [1.29, 1.82) is 0 Å². The molecule has 0 saturated carbocycles. The Labute approximate surface area is 143 Å². The van der Waals surface area contributed by atoms with Crippen molar-refractivity contribution in [2.24, 2.45) is 5.10 Å². The van der Waals surface area contributed by atoms with Crippen LogP contribution < -0.4 is 5.43 Å². The fourth-order valence-electron chi connectivity index (χ4n) is 2.51. The predicted molar refractivity (Wildman–Crippen MR) is 93.0 cm³/mol. The molecule has 1 amide bonds. The second-order valence-electron chi connectivity index (χ2n) is 5.38. The van der Waals surface area contributed by atoms with E-state index in [0.717, 1.165) is 34.0 Å². The summed E-state index contributed by atoms with van der Waals surface area (Å²) in [5.74, 6) is -1.98. The number of aliphatic hydroxyl groups is 1. The number of carbonyl (C=O) groups excluding carboxylic acids is 1. The van der Waals surface area contributed by atoms with Crippen LogP contribution in [0, 0.1) is 5.82 Å². The highest BCUT2D eigenvalue weighted by atomic mass is 19.1. The molecule has 0 spiro atoms. The molecule has 0 radical (unpaired) electrons. The number of halogens is 1. The zero-order valence-corrected chi connectivity index (χ0v) is 13.1. The second-order valence-corrected chi connectivity index (χ2v) is 5.38. The summed E-state index contributed by atoms with van der Waals surface area (Å²) in [6.07, 6.45) is 1.48. The van der Waals surface area contributed by atoms with Crippen LogP contribution in [0.2, 0.25) is 0 Å². The second kappa shape index (κ2) is 7.11. The van der Waals surface area contributed by atoms with Gasteiger partial charge < -0.3 is 10.2 Å². The molecule has 25 heavy (non-hydrogen) atoms. The number of phenols is 1. The van der Waals surface area contributed by atoms with Gasteiger partial charge in [-0.05, 0) is 34.5 Å². The molecule has 3 aromatic carbocycles. The first-order chi connectivity index (χ1) is 12.1. The summed E-state index contributed by atoms with van der Waals surface area (Å²) in [4.78, 5) is 12.0. The maximum atomic E-state index is 13.3. The average Bonchev–Trinajstić information content (AvgIpc) is 2.64. The van der Waals surface area contributed by atoms with Crippen molar-refractivity contribution in [3.63, 3.8) is 0 Å². The number of aromatic hydroxyl groups is 1. The summed E-state index contributed by atoms with van der Waals surface area (Å²) in [5.41, 5.74) is 3.94. The summed E-state index contributed by atoms with van der Waals surface area (Å²) in [6.45, 7) is -0.0684. The van der Waals surface area contributed by atoms with Gasteiger partial charge in [-0.25, -0.2) is 9.82 Å². The normalized spacial score (nSPS) is 11.1. The van der Waals surface area contributed by atoms with E-state index in [1.807, 2.05) is 24.3 Å². The Balaban J connectivity index is 1.82. The molecule has 126 valence electrons. The van der Waals surface area contributed by atoms with E-state index >= 15 is 0 Å². The Morgan fingerprint density at radius 2 is 1.88 bits per heavy atom. The zero-order valence-electron chi connectivity index (χ0n) is 13.1. The van der Waals surface area contributed by atoms with Crippen LogP contribution in [0.15, 0.2) is 59.7 Å². The third-order valence-electron chi connectivity index (χ3n) is 3.80. The van der Waals surface area contributed by atoms with Gasteiger partial charge in [-0.15, -0.1) is 0 Å². The SMILES string of the molecule is O=C(NN=Cc1ccc(CO)c2ccccc12)c1ccc(O)c(F)c1. The van der Waals surface area contributed by atoms with Crippen molar-refractivity contribution in [1.82, 2.24) is 5.43 Å². The van der Waals surface area contributed by atoms with Crippen LogP contribution in [0.3, 0.4) is 0 Å². The van der Waals surface area contributed by atoms with Crippen LogP contribution in [0.4, 0.5) is 4.39 Å². The molecule has 0 heterocycles. The minimum atomic E-state index is -0.873. The van der Waals surface area contributed by atoms with Crippen molar-refractivity contribution in [2.75, 3.05) is 0 Å². The van der Waals surface area contributed by atoms with Gasteiger partial charge in [0.15, 0.2) is 11.6 Å². The van der Waals surface area contributed by atoms with Crippen molar-refractivity contribution in [3.8, 4) is 5.75 Å². The highest BCUT2D eigenvalue weighted by Gasteiger charge is 2.08. The van der Waals surface area contributed by atoms with Gasteiger partial charge >= 0.3 is 0 Å². The van der Waals surface area contributed by atoms with E-state index < -0.39 is 17.5 Å². The summed E-state index contributed by atoms with van der Waals surface area (Å²) < 4.78 is 13.3. The smallest absolute Gasteiger partial charge is 0.271 e. The molecular weight excluding hydrogens is 323 g/mol. The van der Waals surface area contributed by atoms with Gasteiger partial charge in [0.25, 0.3) is 5.91 Å². The number of nitrogens with one attached hydrogen (secondary N) is 1. The number of aliphatic hydroxyl groups excluding tert-OH is 1. The van der Waals surface area contributed by atoms with Gasteiger partial charge in [0.2, 0.25) is 0 Å². The molecule has 0 aliphatic rings. The van der Waals surface area contributed by atoms with Crippen molar-refractivity contribution < 1.29 is 19.4 Å². The van der Waals surface area contributed by atoms with E-state index in [-0.39, 0.29) is 12.2 Å². The molecule has 3 aromatic rings.